The van der Waals surface area contributed by atoms with Gasteiger partial charge >= 0.3 is 0 Å². The Bertz CT molecular complexity index is 144. The summed E-state index contributed by atoms with van der Waals surface area (Å²) in [5.41, 5.74) is 7.75. The van der Waals surface area contributed by atoms with Crippen molar-refractivity contribution in [2.24, 2.45) is 5.11 Å². The standard InChI is InChI=1S/C3H5N3O.C3H6O/c4-6-5-1-3-2-7-3;1-2-4-3-1/h3H,1-2H2;1-3H2. The smallest absolute Gasteiger partial charge is 0.0866 e. The molecule has 62 valence electrons. The van der Waals surface area contributed by atoms with Gasteiger partial charge in [-0.05, 0) is 12.0 Å². The Kier molecular flexibility index (Phi) is 3.75. The third kappa shape index (κ3) is 4.61. The molecular weight excluding hydrogens is 146 g/mol. The van der Waals surface area contributed by atoms with Gasteiger partial charge in [0.15, 0.2) is 0 Å². The molecule has 2 heterocycles. The highest BCUT2D eigenvalue weighted by Gasteiger charge is 2.20. The van der Waals surface area contributed by atoms with Crippen molar-refractivity contribution in [2.45, 2.75) is 12.5 Å². The molecular formula is C6H11N3O2. The molecule has 2 saturated heterocycles. The van der Waals surface area contributed by atoms with Crippen molar-refractivity contribution in [1.29, 1.82) is 0 Å². The van der Waals surface area contributed by atoms with Crippen molar-refractivity contribution in [1.82, 2.24) is 0 Å². The summed E-state index contributed by atoms with van der Waals surface area (Å²) < 4.78 is 9.47. The van der Waals surface area contributed by atoms with E-state index >= 15 is 0 Å². The molecule has 2 rings (SSSR count). The van der Waals surface area contributed by atoms with Gasteiger partial charge in [-0.1, -0.05) is 5.11 Å². The van der Waals surface area contributed by atoms with Gasteiger partial charge in [0.25, 0.3) is 0 Å². The van der Waals surface area contributed by atoms with Crippen molar-refractivity contribution in [3.05, 3.63) is 10.4 Å². The van der Waals surface area contributed by atoms with E-state index in [1.165, 1.54) is 6.42 Å². The normalized spacial score (nSPS) is 25.3. The third-order valence-corrected chi connectivity index (χ3v) is 1.33. The number of azide groups is 1. The highest BCUT2D eigenvalue weighted by atomic mass is 16.6. The van der Waals surface area contributed by atoms with Crippen LogP contribution in [0.15, 0.2) is 5.11 Å². The average Bonchev–Trinajstić information content (AvgIpc) is 2.61. The van der Waals surface area contributed by atoms with Crippen LogP contribution >= 0.6 is 0 Å². The summed E-state index contributed by atoms with van der Waals surface area (Å²) in [5, 5.41) is 3.29. The van der Waals surface area contributed by atoms with Crippen LogP contribution in [-0.4, -0.2) is 32.5 Å². The molecule has 2 fully saturated rings. The Labute approximate surface area is 64.9 Å². The Morgan fingerprint density at radius 2 is 2.09 bits per heavy atom. The van der Waals surface area contributed by atoms with Gasteiger partial charge in [-0.15, -0.1) is 0 Å². The average molecular weight is 157 g/mol. The van der Waals surface area contributed by atoms with Crippen LogP contribution in [0.5, 0.6) is 0 Å². The van der Waals surface area contributed by atoms with Gasteiger partial charge in [0.05, 0.1) is 19.3 Å². The molecule has 0 aromatic heterocycles. The molecule has 0 aromatic rings. The van der Waals surface area contributed by atoms with E-state index in [1.807, 2.05) is 0 Å². The molecule has 1 unspecified atom stereocenters. The lowest BCUT2D eigenvalue weighted by atomic mass is 10.4. The van der Waals surface area contributed by atoms with Crippen LogP contribution in [0.1, 0.15) is 6.42 Å². The van der Waals surface area contributed by atoms with Gasteiger partial charge in [0, 0.05) is 18.1 Å². The van der Waals surface area contributed by atoms with Crippen LogP contribution in [0.3, 0.4) is 0 Å². The Hall–Kier alpha value is -0.770. The second-order valence-electron chi connectivity index (χ2n) is 2.33. The number of hydrogen-bond acceptors (Lipinski definition) is 3. The highest BCUT2D eigenvalue weighted by molar-refractivity contribution is 4.71. The summed E-state index contributed by atoms with van der Waals surface area (Å²) in [5.74, 6) is 0. The fourth-order valence-electron chi connectivity index (χ4n) is 0.445. The zero-order chi connectivity index (χ0) is 7.94. The zero-order valence-electron chi connectivity index (χ0n) is 6.27. The van der Waals surface area contributed by atoms with Crippen molar-refractivity contribution in [2.75, 3.05) is 26.4 Å². The summed E-state index contributed by atoms with van der Waals surface area (Å²) in [6.45, 7) is 3.26. The molecule has 0 amide bonds. The van der Waals surface area contributed by atoms with Crippen LogP contribution in [-0.2, 0) is 9.47 Å². The zero-order valence-corrected chi connectivity index (χ0v) is 6.27. The molecule has 2 aliphatic heterocycles. The molecule has 0 aromatic carbocycles. The maximum absolute atomic E-state index is 7.75. The second-order valence-corrected chi connectivity index (χ2v) is 2.33. The quantitative estimate of drug-likeness (QED) is 0.260. The van der Waals surface area contributed by atoms with E-state index in [-0.39, 0.29) is 6.10 Å². The number of nitrogens with zero attached hydrogens (tertiary/aromatic N) is 3. The van der Waals surface area contributed by atoms with E-state index in [4.69, 9.17) is 15.0 Å². The summed E-state index contributed by atoms with van der Waals surface area (Å²) in [7, 11) is 0. The van der Waals surface area contributed by atoms with E-state index < -0.39 is 0 Å². The van der Waals surface area contributed by atoms with Crippen molar-refractivity contribution in [3.8, 4) is 0 Å². The molecule has 0 N–H and O–H groups in total. The first kappa shape index (κ1) is 8.33. The monoisotopic (exact) mass is 157 g/mol. The first-order valence-corrected chi connectivity index (χ1v) is 3.63. The van der Waals surface area contributed by atoms with E-state index in [9.17, 15) is 0 Å². The van der Waals surface area contributed by atoms with Crippen LogP contribution in [0, 0.1) is 0 Å². The lowest BCUT2D eigenvalue weighted by Gasteiger charge is -2.09. The molecule has 0 saturated carbocycles. The molecule has 0 aliphatic carbocycles. The van der Waals surface area contributed by atoms with Gasteiger partial charge in [0.2, 0.25) is 0 Å². The Balaban J connectivity index is 0.000000128. The summed E-state index contributed by atoms with van der Waals surface area (Å²) >= 11 is 0. The summed E-state index contributed by atoms with van der Waals surface area (Å²) in [6, 6.07) is 0. The van der Waals surface area contributed by atoms with Crippen LogP contribution in [0.2, 0.25) is 0 Å². The van der Waals surface area contributed by atoms with E-state index in [0.29, 0.717) is 6.54 Å². The lowest BCUT2D eigenvalue weighted by molar-refractivity contribution is 0.0367. The van der Waals surface area contributed by atoms with Gasteiger partial charge in [-0.25, -0.2) is 0 Å². The van der Waals surface area contributed by atoms with Gasteiger partial charge in [-0.2, -0.15) is 0 Å². The summed E-state index contributed by atoms with van der Waals surface area (Å²) in [4.78, 5) is 2.56. The molecule has 0 radical (unpaired) electrons. The van der Waals surface area contributed by atoms with Crippen LogP contribution in [0.4, 0.5) is 0 Å². The first-order valence-electron chi connectivity index (χ1n) is 3.63. The Morgan fingerprint density at radius 1 is 1.55 bits per heavy atom. The topological polar surface area (TPSA) is 70.5 Å². The number of rotatable bonds is 2. The largest absolute Gasteiger partial charge is 0.381 e. The molecule has 11 heavy (non-hydrogen) atoms. The van der Waals surface area contributed by atoms with Gasteiger partial charge < -0.3 is 9.47 Å². The maximum Gasteiger partial charge on any atom is 0.0866 e. The predicted octanol–water partition coefficient (Wildman–Crippen LogP) is 1.10. The Morgan fingerprint density at radius 3 is 2.36 bits per heavy atom. The van der Waals surface area contributed by atoms with E-state index in [0.717, 1.165) is 19.8 Å². The first-order chi connectivity index (χ1) is 5.43. The number of epoxide rings is 1. The molecule has 1 atom stereocenters. The number of hydrogen-bond donors (Lipinski definition) is 0. The third-order valence-electron chi connectivity index (χ3n) is 1.33. The molecule has 0 bridgehead atoms. The van der Waals surface area contributed by atoms with Gasteiger partial charge in [0.1, 0.15) is 0 Å². The molecule has 5 heteroatoms. The minimum Gasteiger partial charge on any atom is -0.381 e. The van der Waals surface area contributed by atoms with Crippen molar-refractivity contribution >= 4 is 0 Å². The van der Waals surface area contributed by atoms with E-state index in [2.05, 4.69) is 10.0 Å². The SMILES string of the molecule is C1COC1.[N-]=[N+]=NCC1CO1. The van der Waals surface area contributed by atoms with E-state index in [1.54, 1.807) is 0 Å². The van der Waals surface area contributed by atoms with Crippen LogP contribution in [0.25, 0.3) is 10.4 Å². The predicted molar refractivity (Wildman–Crippen MR) is 39.2 cm³/mol. The minimum absolute atomic E-state index is 0.232. The summed E-state index contributed by atoms with van der Waals surface area (Å²) in [6.07, 6.45) is 1.51. The maximum atomic E-state index is 7.75. The minimum atomic E-state index is 0.232. The molecule has 5 nitrogen and oxygen atoms in total. The second kappa shape index (κ2) is 4.96. The van der Waals surface area contributed by atoms with Crippen molar-refractivity contribution in [3.63, 3.8) is 0 Å². The molecule has 0 spiro atoms. The number of ether oxygens (including phenoxy) is 2. The lowest BCUT2D eigenvalue weighted by Crippen LogP contribution is -2.09. The molecule has 2 aliphatic rings. The van der Waals surface area contributed by atoms with Crippen LogP contribution < -0.4 is 0 Å². The fourth-order valence-corrected chi connectivity index (χ4v) is 0.445. The highest BCUT2D eigenvalue weighted by Crippen LogP contribution is 2.07. The fraction of sp³-hybridized carbons (Fsp3) is 1.00. The van der Waals surface area contributed by atoms with Gasteiger partial charge in [-0.3, -0.25) is 0 Å². The van der Waals surface area contributed by atoms with Crippen molar-refractivity contribution < 1.29 is 9.47 Å².